The van der Waals surface area contributed by atoms with E-state index in [0.29, 0.717) is 4.88 Å². The number of aryl methyl sites for hydroxylation is 1. The molecule has 0 aliphatic carbocycles. The summed E-state index contributed by atoms with van der Waals surface area (Å²) in [5.41, 5.74) is -1.05. The molecule has 0 atom stereocenters. The summed E-state index contributed by atoms with van der Waals surface area (Å²) in [6.07, 6.45) is -4.38. The van der Waals surface area contributed by atoms with Crippen LogP contribution in [0.3, 0.4) is 0 Å². The first-order valence-corrected chi connectivity index (χ1v) is 9.15. The second-order valence-electron chi connectivity index (χ2n) is 5.43. The van der Waals surface area contributed by atoms with Crippen molar-refractivity contribution in [2.24, 2.45) is 4.99 Å². The fraction of sp³-hybridized carbons (Fsp3) is 0.353. The summed E-state index contributed by atoms with van der Waals surface area (Å²) in [6.45, 7) is 4.83. The van der Waals surface area contributed by atoms with E-state index in [-0.39, 0.29) is 34.2 Å². The van der Waals surface area contributed by atoms with Gasteiger partial charge in [0, 0.05) is 12.8 Å². The van der Waals surface area contributed by atoms with Crippen molar-refractivity contribution in [1.29, 1.82) is 0 Å². The maximum Gasteiger partial charge on any atom is 0.416 e. The highest BCUT2D eigenvalue weighted by Crippen LogP contribution is 2.35. The van der Waals surface area contributed by atoms with E-state index in [1.54, 1.807) is 20.8 Å². The highest BCUT2D eigenvalue weighted by atomic mass is 35.5. The van der Waals surface area contributed by atoms with E-state index in [1.807, 2.05) is 0 Å². The van der Waals surface area contributed by atoms with Gasteiger partial charge in [-0.3, -0.25) is 9.59 Å². The van der Waals surface area contributed by atoms with Gasteiger partial charge in [-0.25, -0.2) is 9.56 Å². The Morgan fingerprint density at radius 3 is 2.48 bits per heavy atom. The van der Waals surface area contributed by atoms with E-state index in [9.17, 15) is 22.8 Å². The Hall–Kier alpha value is -2.13. The van der Waals surface area contributed by atoms with E-state index in [4.69, 9.17) is 16.3 Å². The summed E-state index contributed by atoms with van der Waals surface area (Å²) < 4.78 is 45.2. The smallest absolute Gasteiger partial charge is 0.408 e. The van der Waals surface area contributed by atoms with Crippen LogP contribution in [0.2, 0.25) is 5.02 Å². The van der Waals surface area contributed by atoms with Gasteiger partial charge in [0.15, 0.2) is 4.80 Å². The zero-order valence-corrected chi connectivity index (χ0v) is 16.3. The SMILES string of the molecule is CCC(=O)Oc1c(C)sc(=Nc2cc(C(F)(F)F)ccc2Cl)n1C(=O)CC. The third kappa shape index (κ3) is 4.78. The third-order valence-electron chi connectivity index (χ3n) is 3.48. The summed E-state index contributed by atoms with van der Waals surface area (Å²) in [7, 11) is 0. The molecule has 2 rings (SSSR count). The van der Waals surface area contributed by atoms with E-state index in [2.05, 4.69) is 4.99 Å². The van der Waals surface area contributed by atoms with Crippen molar-refractivity contribution in [3.8, 4) is 5.88 Å². The molecule has 10 heteroatoms. The largest absolute Gasteiger partial charge is 0.416 e. The fourth-order valence-corrected chi connectivity index (χ4v) is 3.17. The lowest BCUT2D eigenvalue weighted by atomic mass is 10.2. The predicted octanol–water partition coefficient (Wildman–Crippen LogP) is 5.13. The van der Waals surface area contributed by atoms with Crippen LogP contribution in [0.15, 0.2) is 23.2 Å². The number of halogens is 4. The number of rotatable bonds is 4. The zero-order valence-electron chi connectivity index (χ0n) is 14.7. The van der Waals surface area contributed by atoms with Gasteiger partial charge in [0.05, 0.1) is 21.2 Å². The quantitative estimate of drug-likeness (QED) is 0.644. The van der Waals surface area contributed by atoms with Crippen LogP contribution in [0.1, 0.15) is 41.9 Å². The molecule has 1 aromatic heterocycles. The lowest BCUT2D eigenvalue weighted by molar-refractivity contribution is -0.137. The Bertz CT molecular complexity index is 948. The van der Waals surface area contributed by atoms with E-state index in [0.717, 1.165) is 34.1 Å². The van der Waals surface area contributed by atoms with Crippen LogP contribution in [0.5, 0.6) is 5.88 Å². The Labute approximate surface area is 162 Å². The van der Waals surface area contributed by atoms with Gasteiger partial charge >= 0.3 is 12.1 Å². The molecule has 0 bridgehead atoms. The first kappa shape index (κ1) is 21.2. The predicted molar refractivity (Wildman–Crippen MR) is 95.6 cm³/mol. The van der Waals surface area contributed by atoms with Crippen LogP contribution in [-0.2, 0) is 11.0 Å². The summed E-state index contributed by atoms with van der Waals surface area (Å²) in [6, 6.07) is 2.74. The minimum Gasteiger partial charge on any atom is -0.408 e. The van der Waals surface area contributed by atoms with Gasteiger partial charge in [0.1, 0.15) is 0 Å². The second-order valence-corrected chi connectivity index (χ2v) is 7.02. The van der Waals surface area contributed by atoms with Crippen molar-refractivity contribution < 1.29 is 27.5 Å². The van der Waals surface area contributed by atoms with E-state index >= 15 is 0 Å². The van der Waals surface area contributed by atoms with Gasteiger partial charge < -0.3 is 4.74 Å². The first-order chi connectivity index (χ1) is 12.6. The van der Waals surface area contributed by atoms with Crippen molar-refractivity contribution in [2.45, 2.75) is 39.8 Å². The second kappa shape index (κ2) is 8.26. The van der Waals surface area contributed by atoms with Crippen LogP contribution in [0.4, 0.5) is 18.9 Å². The zero-order chi connectivity index (χ0) is 20.4. The molecule has 0 amide bonds. The molecule has 0 fully saturated rings. The summed E-state index contributed by atoms with van der Waals surface area (Å²) in [5.74, 6) is -0.946. The molecule has 146 valence electrons. The first-order valence-electron chi connectivity index (χ1n) is 7.96. The van der Waals surface area contributed by atoms with Crippen molar-refractivity contribution in [3.05, 3.63) is 38.5 Å². The number of ether oxygens (including phenoxy) is 1. The number of thiazole rings is 1. The average molecular weight is 421 g/mol. The molecule has 5 nitrogen and oxygen atoms in total. The Morgan fingerprint density at radius 1 is 1.26 bits per heavy atom. The van der Waals surface area contributed by atoms with Crippen LogP contribution >= 0.6 is 22.9 Å². The molecule has 27 heavy (non-hydrogen) atoms. The molecule has 0 radical (unpaired) electrons. The number of carbonyl (C=O) groups is 2. The van der Waals surface area contributed by atoms with Gasteiger partial charge in [-0.2, -0.15) is 13.2 Å². The molecular weight excluding hydrogens is 405 g/mol. The van der Waals surface area contributed by atoms with Crippen LogP contribution in [0.25, 0.3) is 0 Å². The number of carbonyl (C=O) groups excluding carboxylic acids is 2. The van der Waals surface area contributed by atoms with E-state index in [1.165, 1.54) is 0 Å². The molecule has 1 aromatic carbocycles. The number of aromatic nitrogens is 1. The van der Waals surface area contributed by atoms with E-state index < -0.39 is 23.6 Å². The normalized spacial score (nSPS) is 12.3. The summed E-state index contributed by atoms with van der Waals surface area (Å²) in [4.78, 5) is 28.7. The molecule has 0 unspecified atom stereocenters. The minimum atomic E-state index is -4.56. The molecule has 0 aliphatic heterocycles. The van der Waals surface area contributed by atoms with Crippen molar-refractivity contribution in [3.63, 3.8) is 0 Å². The Balaban J connectivity index is 2.70. The third-order valence-corrected chi connectivity index (χ3v) is 4.74. The summed E-state index contributed by atoms with van der Waals surface area (Å²) >= 11 is 6.99. The highest BCUT2D eigenvalue weighted by molar-refractivity contribution is 7.09. The maximum absolute atomic E-state index is 13.0. The molecule has 0 saturated carbocycles. The molecular formula is C17H16ClF3N2O3S. The number of alkyl halides is 3. The molecule has 2 aromatic rings. The van der Waals surface area contributed by atoms with Crippen molar-refractivity contribution >= 4 is 40.5 Å². The minimum absolute atomic E-state index is 0.00310. The van der Waals surface area contributed by atoms with Gasteiger partial charge in [-0.1, -0.05) is 36.8 Å². The molecule has 0 aliphatic rings. The Kier molecular flexibility index (Phi) is 6.48. The van der Waals surface area contributed by atoms with Gasteiger partial charge in [0.25, 0.3) is 0 Å². The molecule has 1 heterocycles. The van der Waals surface area contributed by atoms with Crippen LogP contribution < -0.4 is 9.54 Å². The number of nitrogens with zero attached hydrogens (tertiary/aromatic N) is 2. The number of hydrogen-bond acceptors (Lipinski definition) is 5. The van der Waals surface area contributed by atoms with Crippen LogP contribution in [0, 0.1) is 6.92 Å². The van der Waals surface area contributed by atoms with Gasteiger partial charge in [-0.15, -0.1) is 0 Å². The average Bonchev–Trinajstić information content (AvgIpc) is 2.90. The molecule has 0 spiro atoms. The fourth-order valence-electron chi connectivity index (χ4n) is 2.10. The topological polar surface area (TPSA) is 60.7 Å². The van der Waals surface area contributed by atoms with Crippen molar-refractivity contribution in [1.82, 2.24) is 4.57 Å². The number of esters is 1. The number of hydrogen-bond donors (Lipinski definition) is 0. The highest BCUT2D eigenvalue weighted by Gasteiger charge is 2.31. The summed E-state index contributed by atoms with van der Waals surface area (Å²) in [5, 5.41) is -0.00310. The lowest BCUT2D eigenvalue weighted by Gasteiger charge is -2.09. The number of benzene rings is 1. The monoisotopic (exact) mass is 420 g/mol. The standard InChI is InChI=1S/C17H16ClF3N2O3S/c1-4-13(24)23-15(26-14(25)5-2)9(3)27-16(23)22-12-8-10(17(19,20)21)6-7-11(12)18/h6-8H,4-5H2,1-3H3. The van der Waals surface area contributed by atoms with Crippen molar-refractivity contribution in [2.75, 3.05) is 0 Å². The Morgan fingerprint density at radius 2 is 1.93 bits per heavy atom. The molecule has 0 saturated heterocycles. The maximum atomic E-state index is 13.0. The van der Waals surface area contributed by atoms with Gasteiger partial charge in [0.2, 0.25) is 11.8 Å². The van der Waals surface area contributed by atoms with Gasteiger partial charge in [-0.05, 0) is 25.1 Å². The lowest BCUT2D eigenvalue weighted by Crippen LogP contribution is -2.24. The van der Waals surface area contributed by atoms with Crippen LogP contribution in [-0.4, -0.2) is 16.4 Å². The molecule has 0 N–H and O–H groups in total.